The number of esters is 1. The molecule has 1 heterocycles. The molecule has 0 aliphatic heterocycles. The van der Waals surface area contributed by atoms with Gasteiger partial charge >= 0.3 is 5.97 Å². The Hall–Kier alpha value is -1.09. The summed E-state index contributed by atoms with van der Waals surface area (Å²) in [4.78, 5) is 15.3. The third kappa shape index (κ3) is 3.34. The molecule has 0 amide bonds. The van der Waals surface area contributed by atoms with E-state index in [2.05, 4.69) is 4.98 Å². The number of carbonyl (C=O) groups is 1. The van der Waals surface area contributed by atoms with E-state index in [0.717, 1.165) is 0 Å². The molecule has 3 nitrogen and oxygen atoms in total. The molecule has 0 bridgehead atoms. The van der Waals surface area contributed by atoms with Crippen LogP contribution in [0.15, 0.2) is 18.2 Å². The standard InChI is InChI=1S/C10H12ClNO2/c1-10(2,3)14-9(13)7-5-4-6-8(11)12-7/h4-6H,1-3H3. The van der Waals surface area contributed by atoms with Gasteiger partial charge in [-0.15, -0.1) is 0 Å². The summed E-state index contributed by atoms with van der Waals surface area (Å²) in [5, 5.41) is 0.286. The van der Waals surface area contributed by atoms with Gasteiger partial charge in [-0.1, -0.05) is 17.7 Å². The predicted molar refractivity (Wildman–Crippen MR) is 54.4 cm³/mol. The maximum absolute atomic E-state index is 11.5. The highest BCUT2D eigenvalue weighted by molar-refractivity contribution is 6.29. The quantitative estimate of drug-likeness (QED) is 0.532. The minimum absolute atomic E-state index is 0.229. The predicted octanol–water partition coefficient (Wildman–Crippen LogP) is 2.69. The number of pyridine rings is 1. The summed E-state index contributed by atoms with van der Waals surface area (Å²) in [6.45, 7) is 5.40. The average molecular weight is 214 g/mol. The Labute approximate surface area is 88.1 Å². The first-order valence-corrected chi connectivity index (χ1v) is 4.62. The maximum Gasteiger partial charge on any atom is 0.357 e. The Balaban J connectivity index is 2.80. The molecule has 0 saturated heterocycles. The third-order valence-corrected chi connectivity index (χ3v) is 1.53. The lowest BCUT2D eigenvalue weighted by atomic mass is 10.2. The highest BCUT2D eigenvalue weighted by Crippen LogP contribution is 2.12. The molecule has 0 N–H and O–H groups in total. The lowest BCUT2D eigenvalue weighted by Crippen LogP contribution is -2.24. The van der Waals surface area contributed by atoms with Crippen LogP contribution in [0.3, 0.4) is 0 Å². The van der Waals surface area contributed by atoms with Gasteiger partial charge in [0.25, 0.3) is 0 Å². The van der Waals surface area contributed by atoms with Crippen molar-refractivity contribution in [1.82, 2.24) is 4.98 Å². The van der Waals surface area contributed by atoms with Gasteiger partial charge in [-0.05, 0) is 32.9 Å². The van der Waals surface area contributed by atoms with Crippen molar-refractivity contribution in [3.8, 4) is 0 Å². The number of nitrogens with zero attached hydrogens (tertiary/aromatic N) is 1. The van der Waals surface area contributed by atoms with Crippen molar-refractivity contribution in [3.05, 3.63) is 29.0 Å². The number of hydrogen-bond donors (Lipinski definition) is 0. The van der Waals surface area contributed by atoms with Crippen LogP contribution in [0.1, 0.15) is 31.3 Å². The Morgan fingerprint density at radius 1 is 1.43 bits per heavy atom. The van der Waals surface area contributed by atoms with Crippen LogP contribution in [0.4, 0.5) is 0 Å². The van der Waals surface area contributed by atoms with Gasteiger partial charge in [0.05, 0.1) is 0 Å². The highest BCUT2D eigenvalue weighted by atomic mass is 35.5. The molecule has 0 radical (unpaired) electrons. The van der Waals surface area contributed by atoms with Crippen LogP contribution >= 0.6 is 11.6 Å². The van der Waals surface area contributed by atoms with Gasteiger partial charge in [0.2, 0.25) is 0 Å². The molecule has 1 aromatic rings. The first-order valence-electron chi connectivity index (χ1n) is 4.24. The van der Waals surface area contributed by atoms with Crippen LogP contribution in [0.25, 0.3) is 0 Å². The molecule has 0 aliphatic rings. The summed E-state index contributed by atoms with van der Waals surface area (Å²) in [6.07, 6.45) is 0. The lowest BCUT2D eigenvalue weighted by molar-refractivity contribution is 0.00629. The largest absolute Gasteiger partial charge is 0.455 e. The maximum atomic E-state index is 11.5. The molecule has 1 aromatic heterocycles. The SMILES string of the molecule is CC(C)(C)OC(=O)c1cccc(Cl)n1. The first-order chi connectivity index (χ1) is 6.38. The van der Waals surface area contributed by atoms with Gasteiger partial charge in [0, 0.05) is 0 Å². The summed E-state index contributed by atoms with van der Waals surface area (Å²) >= 11 is 5.64. The third-order valence-electron chi connectivity index (χ3n) is 1.32. The summed E-state index contributed by atoms with van der Waals surface area (Å²) in [6, 6.07) is 4.84. The van der Waals surface area contributed by atoms with Crippen LogP contribution in [0.2, 0.25) is 5.15 Å². The number of aromatic nitrogens is 1. The van der Waals surface area contributed by atoms with Crippen LogP contribution < -0.4 is 0 Å². The van der Waals surface area contributed by atoms with E-state index in [-0.39, 0.29) is 10.8 Å². The van der Waals surface area contributed by atoms with Crippen LogP contribution in [-0.2, 0) is 4.74 Å². The van der Waals surface area contributed by atoms with E-state index in [1.807, 2.05) is 0 Å². The van der Waals surface area contributed by atoms with Crippen molar-refractivity contribution in [2.24, 2.45) is 0 Å². The fourth-order valence-electron chi connectivity index (χ4n) is 0.852. The molecule has 0 saturated carbocycles. The molecular weight excluding hydrogens is 202 g/mol. The van der Waals surface area contributed by atoms with E-state index in [0.29, 0.717) is 0 Å². The summed E-state index contributed by atoms with van der Waals surface area (Å²) in [5.74, 6) is -0.458. The minimum Gasteiger partial charge on any atom is -0.455 e. The minimum atomic E-state index is -0.513. The summed E-state index contributed by atoms with van der Waals surface area (Å²) < 4.78 is 5.12. The number of halogens is 1. The van der Waals surface area contributed by atoms with E-state index in [1.165, 1.54) is 0 Å². The van der Waals surface area contributed by atoms with Gasteiger partial charge in [-0.25, -0.2) is 9.78 Å². The number of hydrogen-bond acceptors (Lipinski definition) is 3. The van der Waals surface area contributed by atoms with Gasteiger partial charge in [0.15, 0.2) is 0 Å². The second kappa shape index (κ2) is 3.96. The molecule has 0 aromatic carbocycles. The van der Waals surface area contributed by atoms with Crippen molar-refractivity contribution < 1.29 is 9.53 Å². The second-order valence-corrected chi connectivity index (χ2v) is 4.23. The molecule has 0 unspecified atom stereocenters. The summed E-state index contributed by atoms with van der Waals surface area (Å²) in [7, 11) is 0. The first kappa shape index (κ1) is 11.0. The number of rotatable bonds is 1. The highest BCUT2D eigenvalue weighted by Gasteiger charge is 2.18. The normalized spacial score (nSPS) is 11.1. The zero-order chi connectivity index (χ0) is 10.8. The van der Waals surface area contributed by atoms with Gasteiger partial charge in [-0.2, -0.15) is 0 Å². The molecule has 0 fully saturated rings. The smallest absolute Gasteiger partial charge is 0.357 e. The Morgan fingerprint density at radius 3 is 2.57 bits per heavy atom. The van der Waals surface area contributed by atoms with Gasteiger partial charge in [-0.3, -0.25) is 0 Å². The number of ether oxygens (including phenoxy) is 1. The fourth-order valence-corrected chi connectivity index (χ4v) is 1.02. The van der Waals surface area contributed by atoms with Gasteiger partial charge in [0.1, 0.15) is 16.4 Å². The zero-order valence-corrected chi connectivity index (χ0v) is 9.13. The molecule has 76 valence electrons. The van der Waals surface area contributed by atoms with Crippen LogP contribution in [-0.4, -0.2) is 16.6 Å². The van der Waals surface area contributed by atoms with Crippen LogP contribution in [0, 0.1) is 0 Å². The van der Waals surface area contributed by atoms with Crippen molar-refractivity contribution in [2.75, 3.05) is 0 Å². The second-order valence-electron chi connectivity index (χ2n) is 3.85. The Kier molecular flexibility index (Phi) is 3.11. The van der Waals surface area contributed by atoms with E-state index < -0.39 is 11.6 Å². The molecule has 0 atom stereocenters. The molecule has 4 heteroatoms. The molecule has 0 spiro atoms. The van der Waals surface area contributed by atoms with E-state index in [4.69, 9.17) is 16.3 Å². The van der Waals surface area contributed by atoms with Crippen LogP contribution in [0.5, 0.6) is 0 Å². The van der Waals surface area contributed by atoms with Crippen molar-refractivity contribution in [2.45, 2.75) is 26.4 Å². The summed E-state index contributed by atoms with van der Waals surface area (Å²) in [5.41, 5.74) is -0.284. The zero-order valence-electron chi connectivity index (χ0n) is 8.37. The van der Waals surface area contributed by atoms with E-state index in [9.17, 15) is 4.79 Å². The fraction of sp³-hybridized carbons (Fsp3) is 0.400. The number of carbonyl (C=O) groups excluding carboxylic acids is 1. The Morgan fingerprint density at radius 2 is 2.07 bits per heavy atom. The topological polar surface area (TPSA) is 39.2 Å². The molecule has 1 rings (SSSR count). The Bertz CT molecular complexity index is 344. The molecule has 14 heavy (non-hydrogen) atoms. The monoisotopic (exact) mass is 213 g/mol. The van der Waals surface area contributed by atoms with Crippen molar-refractivity contribution >= 4 is 17.6 Å². The van der Waals surface area contributed by atoms with E-state index >= 15 is 0 Å². The van der Waals surface area contributed by atoms with Crippen molar-refractivity contribution in [1.29, 1.82) is 0 Å². The lowest BCUT2D eigenvalue weighted by Gasteiger charge is -2.18. The van der Waals surface area contributed by atoms with E-state index in [1.54, 1.807) is 39.0 Å². The molecule has 0 aliphatic carbocycles. The van der Waals surface area contributed by atoms with Crippen molar-refractivity contribution in [3.63, 3.8) is 0 Å². The molecular formula is C10H12ClNO2. The van der Waals surface area contributed by atoms with Gasteiger partial charge < -0.3 is 4.74 Å². The average Bonchev–Trinajstić information content (AvgIpc) is 2.01.